The number of alkyl halides is 2. The summed E-state index contributed by atoms with van der Waals surface area (Å²) in [4.78, 5) is 7.37. The molecule has 4 nitrogen and oxygen atoms in total. The van der Waals surface area contributed by atoms with Gasteiger partial charge in [-0.3, -0.25) is 0 Å². The number of likely N-dealkylation sites (tertiary alicyclic amines) is 1. The SMILES string of the molecule is CO/N=C(\C)C(CCN1CCC(N)C1)C1=CC(Cl)C(Cl)C=C1. The van der Waals surface area contributed by atoms with Crippen molar-refractivity contribution in [2.45, 2.75) is 36.6 Å². The lowest BCUT2D eigenvalue weighted by atomic mass is 9.87. The molecule has 2 aliphatic rings. The lowest BCUT2D eigenvalue weighted by Gasteiger charge is -2.25. The summed E-state index contributed by atoms with van der Waals surface area (Å²) in [6.45, 7) is 5.04. The lowest BCUT2D eigenvalue weighted by Crippen LogP contribution is -2.30. The normalized spacial score (nSPS) is 31.2. The summed E-state index contributed by atoms with van der Waals surface area (Å²) < 4.78 is 0. The minimum absolute atomic E-state index is 0.151. The van der Waals surface area contributed by atoms with Crippen LogP contribution in [-0.2, 0) is 4.84 Å². The molecule has 0 aromatic rings. The highest BCUT2D eigenvalue weighted by Gasteiger charge is 2.25. The Bertz CT molecular complexity index is 464. The van der Waals surface area contributed by atoms with Gasteiger partial charge in [-0.15, -0.1) is 23.2 Å². The van der Waals surface area contributed by atoms with E-state index in [2.05, 4.69) is 16.1 Å². The van der Waals surface area contributed by atoms with E-state index in [-0.39, 0.29) is 16.7 Å². The van der Waals surface area contributed by atoms with E-state index in [1.54, 1.807) is 7.11 Å². The van der Waals surface area contributed by atoms with Crippen molar-refractivity contribution in [3.05, 3.63) is 23.8 Å². The molecule has 4 unspecified atom stereocenters. The van der Waals surface area contributed by atoms with Crippen molar-refractivity contribution in [1.29, 1.82) is 0 Å². The highest BCUT2D eigenvalue weighted by atomic mass is 35.5. The first-order valence-electron chi connectivity index (χ1n) is 7.75. The van der Waals surface area contributed by atoms with Gasteiger partial charge in [-0.25, -0.2) is 0 Å². The molecule has 0 radical (unpaired) electrons. The third kappa shape index (κ3) is 4.72. The summed E-state index contributed by atoms with van der Waals surface area (Å²) in [7, 11) is 1.57. The maximum absolute atomic E-state index is 6.28. The Morgan fingerprint density at radius 2 is 2.27 bits per heavy atom. The summed E-state index contributed by atoms with van der Waals surface area (Å²) in [6.07, 6.45) is 8.10. The predicted octanol–water partition coefficient (Wildman–Crippen LogP) is 2.76. The predicted molar refractivity (Wildman–Crippen MR) is 93.8 cm³/mol. The number of halogens is 2. The molecule has 1 aliphatic carbocycles. The van der Waals surface area contributed by atoms with E-state index in [0.29, 0.717) is 6.04 Å². The molecule has 0 saturated carbocycles. The average molecular weight is 346 g/mol. The average Bonchev–Trinajstić information content (AvgIpc) is 2.89. The molecular weight excluding hydrogens is 321 g/mol. The van der Waals surface area contributed by atoms with Crippen molar-refractivity contribution in [2.75, 3.05) is 26.7 Å². The van der Waals surface area contributed by atoms with Crippen LogP contribution in [0, 0.1) is 5.92 Å². The molecular formula is C16H25Cl2N3O. The van der Waals surface area contributed by atoms with Crippen molar-refractivity contribution in [1.82, 2.24) is 4.90 Å². The van der Waals surface area contributed by atoms with Gasteiger partial charge in [0, 0.05) is 18.5 Å². The second-order valence-electron chi connectivity index (χ2n) is 6.02. The molecule has 0 amide bonds. The molecule has 6 heteroatoms. The van der Waals surface area contributed by atoms with Crippen LogP contribution in [0.1, 0.15) is 19.8 Å². The van der Waals surface area contributed by atoms with Crippen molar-refractivity contribution in [3.63, 3.8) is 0 Å². The maximum Gasteiger partial charge on any atom is 0.106 e. The number of allylic oxidation sites excluding steroid dienone is 4. The molecule has 22 heavy (non-hydrogen) atoms. The molecule has 0 bridgehead atoms. The number of nitrogens with zero attached hydrogens (tertiary/aromatic N) is 2. The first-order valence-corrected chi connectivity index (χ1v) is 8.62. The Morgan fingerprint density at radius 3 is 2.86 bits per heavy atom. The van der Waals surface area contributed by atoms with Crippen LogP contribution in [0.3, 0.4) is 0 Å². The lowest BCUT2D eigenvalue weighted by molar-refractivity contribution is 0.210. The number of oxime groups is 1. The van der Waals surface area contributed by atoms with E-state index >= 15 is 0 Å². The Labute approximate surface area is 142 Å². The molecule has 0 aromatic carbocycles. The fourth-order valence-electron chi connectivity index (χ4n) is 3.07. The largest absolute Gasteiger partial charge is 0.399 e. The number of hydrogen-bond donors (Lipinski definition) is 1. The van der Waals surface area contributed by atoms with E-state index < -0.39 is 0 Å². The number of nitrogens with two attached hydrogens (primary N) is 1. The van der Waals surface area contributed by atoms with Crippen LogP contribution in [0.25, 0.3) is 0 Å². The third-order valence-corrected chi connectivity index (χ3v) is 5.26. The third-order valence-electron chi connectivity index (χ3n) is 4.31. The van der Waals surface area contributed by atoms with E-state index in [1.807, 2.05) is 19.1 Å². The summed E-state index contributed by atoms with van der Waals surface area (Å²) in [5, 5.41) is 3.80. The van der Waals surface area contributed by atoms with Crippen LogP contribution in [0.2, 0.25) is 0 Å². The molecule has 0 aromatic heterocycles. The maximum atomic E-state index is 6.28. The minimum atomic E-state index is -0.181. The summed E-state index contributed by atoms with van der Waals surface area (Å²) >= 11 is 12.4. The smallest absolute Gasteiger partial charge is 0.106 e. The van der Waals surface area contributed by atoms with Crippen molar-refractivity contribution in [2.24, 2.45) is 16.8 Å². The van der Waals surface area contributed by atoms with Gasteiger partial charge in [0.1, 0.15) is 7.11 Å². The van der Waals surface area contributed by atoms with Crippen molar-refractivity contribution < 1.29 is 4.84 Å². The molecule has 1 saturated heterocycles. The Morgan fingerprint density at radius 1 is 1.50 bits per heavy atom. The Kier molecular flexibility index (Phi) is 6.75. The zero-order valence-electron chi connectivity index (χ0n) is 13.2. The molecule has 1 heterocycles. The number of rotatable bonds is 6. The van der Waals surface area contributed by atoms with Gasteiger partial charge in [-0.05, 0) is 38.4 Å². The Balaban J connectivity index is 2.05. The van der Waals surface area contributed by atoms with Crippen LogP contribution in [-0.4, -0.2) is 54.2 Å². The topological polar surface area (TPSA) is 50.8 Å². The van der Waals surface area contributed by atoms with Gasteiger partial charge in [0.15, 0.2) is 0 Å². The van der Waals surface area contributed by atoms with Crippen LogP contribution in [0.5, 0.6) is 0 Å². The minimum Gasteiger partial charge on any atom is -0.399 e. The zero-order chi connectivity index (χ0) is 16.1. The van der Waals surface area contributed by atoms with Gasteiger partial charge < -0.3 is 15.5 Å². The zero-order valence-corrected chi connectivity index (χ0v) is 14.7. The van der Waals surface area contributed by atoms with E-state index in [9.17, 15) is 0 Å². The van der Waals surface area contributed by atoms with Gasteiger partial charge >= 0.3 is 0 Å². The molecule has 1 aliphatic heterocycles. The molecule has 4 atom stereocenters. The van der Waals surface area contributed by atoms with Crippen molar-refractivity contribution in [3.8, 4) is 0 Å². The molecule has 124 valence electrons. The fraction of sp³-hybridized carbons (Fsp3) is 0.688. The molecule has 0 spiro atoms. The first-order chi connectivity index (χ1) is 10.5. The second-order valence-corrected chi connectivity index (χ2v) is 7.03. The number of hydrogen-bond acceptors (Lipinski definition) is 4. The molecule has 1 fully saturated rings. The summed E-state index contributed by atoms with van der Waals surface area (Å²) in [5.74, 6) is 0.193. The van der Waals surface area contributed by atoms with E-state index in [1.165, 1.54) is 5.57 Å². The highest BCUT2D eigenvalue weighted by Crippen LogP contribution is 2.28. The first kappa shape index (κ1) is 17.8. The van der Waals surface area contributed by atoms with Gasteiger partial charge in [0.05, 0.1) is 16.5 Å². The van der Waals surface area contributed by atoms with E-state index in [4.69, 9.17) is 33.8 Å². The Hall–Kier alpha value is -0.550. The quantitative estimate of drug-likeness (QED) is 0.457. The van der Waals surface area contributed by atoms with Crippen LogP contribution >= 0.6 is 23.2 Å². The van der Waals surface area contributed by atoms with Gasteiger partial charge in [-0.2, -0.15) is 0 Å². The standard InChI is InChI=1S/C16H25Cl2N3O/c1-11(20-22-2)14(6-8-21-7-5-13(19)10-21)12-3-4-15(17)16(18)9-12/h3-4,9,13-16H,5-8,10,19H2,1-2H3/b20-11+. The van der Waals surface area contributed by atoms with Crippen LogP contribution < -0.4 is 5.73 Å². The van der Waals surface area contributed by atoms with Crippen molar-refractivity contribution >= 4 is 28.9 Å². The van der Waals surface area contributed by atoms with Crippen LogP contribution in [0.15, 0.2) is 29.0 Å². The van der Waals surface area contributed by atoms with Crippen LogP contribution in [0.4, 0.5) is 0 Å². The fourth-order valence-corrected chi connectivity index (χ4v) is 3.45. The molecule has 2 N–H and O–H groups in total. The highest BCUT2D eigenvalue weighted by molar-refractivity contribution is 6.32. The second kappa shape index (κ2) is 8.34. The summed E-state index contributed by atoms with van der Waals surface area (Å²) in [6, 6.07) is 0.310. The van der Waals surface area contributed by atoms with E-state index in [0.717, 1.165) is 38.2 Å². The molecule has 2 rings (SSSR count). The van der Waals surface area contributed by atoms with Gasteiger partial charge in [0.25, 0.3) is 0 Å². The monoisotopic (exact) mass is 345 g/mol. The van der Waals surface area contributed by atoms with Gasteiger partial charge in [0.2, 0.25) is 0 Å². The van der Waals surface area contributed by atoms with Gasteiger partial charge in [-0.1, -0.05) is 23.4 Å². The summed E-state index contributed by atoms with van der Waals surface area (Å²) in [5.41, 5.74) is 8.10.